The van der Waals surface area contributed by atoms with E-state index in [1.807, 2.05) is 0 Å². The Morgan fingerprint density at radius 3 is 2.39 bits per heavy atom. The highest BCUT2D eigenvalue weighted by Gasteiger charge is 2.12. The van der Waals surface area contributed by atoms with Crippen LogP contribution in [-0.2, 0) is 4.74 Å². The molecule has 18 heavy (non-hydrogen) atoms. The lowest BCUT2D eigenvalue weighted by Crippen LogP contribution is -2.43. The van der Waals surface area contributed by atoms with E-state index < -0.39 is 0 Å². The summed E-state index contributed by atoms with van der Waals surface area (Å²) in [6.45, 7) is 10.1. The molecule has 1 aromatic carbocycles. The summed E-state index contributed by atoms with van der Waals surface area (Å²) in [7, 11) is 1.76. The third-order valence-electron chi connectivity index (χ3n) is 3.08. The van der Waals surface area contributed by atoms with Crippen LogP contribution >= 0.6 is 0 Å². The summed E-state index contributed by atoms with van der Waals surface area (Å²) >= 11 is 0. The van der Waals surface area contributed by atoms with Gasteiger partial charge in [0.15, 0.2) is 0 Å². The first-order chi connectivity index (χ1) is 8.71. The van der Waals surface area contributed by atoms with Gasteiger partial charge in [-0.3, -0.25) is 0 Å². The second-order valence-corrected chi connectivity index (χ2v) is 4.58. The van der Waals surface area contributed by atoms with Crippen molar-refractivity contribution in [3.05, 3.63) is 29.8 Å². The molecule has 0 saturated heterocycles. The van der Waals surface area contributed by atoms with Gasteiger partial charge in [-0.25, -0.2) is 0 Å². The summed E-state index contributed by atoms with van der Waals surface area (Å²) < 4.78 is 5.27. The molecule has 1 aromatic rings. The van der Waals surface area contributed by atoms with Crippen molar-refractivity contribution in [2.24, 2.45) is 0 Å². The van der Waals surface area contributed by atoms with Gasteiger partial charge in [-0.2, -0.15) is 0 Å². The smallest absolute Gasteiger partial charge is 0.0633 e. The zero-order valence-electron chi connectivity index (χ0n) is 12.1. The molecule has 0 aliphatic heterocycles. The summed E-state index contributed by atoms with van der Waals surface area (Å²) in [5, 5.41) is 3.46. The third-order valence-corrected chi connectivity index (χ3v) is 3.08. The molecule has 0 fully saturated rings. The van der Waals surface area contributed by atoms with Crippen molar-refractivity contribution in [1.29, 1.82) is 0 Å². The first-order valence-electron chi connectivity index (χ1n) is 6.75. The Balaban J connectivity index is 2.67. The molecule has 0 amide bonds. The second kappa shape index (κ2) is 8.11. The minimum atomic E-state index is 0.376. The van der Waals surface area contributed by atoms with Gasteiger partial charge in [-0.05, 0) is 32.5 Å². The Hall–Kier alpha value is -1.06. The Labute approximate surface area is 111 Å². The molecular formula is C15H26N2O. The van der Waals surface area contributed by atoms with Crippen molar-refractivity contribution in [2.75, 3.05) is 38.3 Å². The molecule has 0 saturated carbocycles. The maximum Gasteiger partial charge on any atom is 0.0633 e. The molecule has 3 nitrogen and oxygen atoms in total. The Bertz CT molecular complexity index is 318. The molecule has 1 unspecified atom stereocenters. The number of rotatable bonds is 8. The molecule has 0 bridgehead atoms. The molecule has 0 spiro atoms. The van der Waals surface area contributed by atoms with Crippen LogP contribution in [-0.4, -0.2) is 39.4 Å². The first-order valence-corrected chi connectivity index (χ1v) is 6.75. The maximum atomic E-state index is 5.27. The van der Waals surface area contributed by atoms with E-state index in [-0.39, 0.29) is 0 Å². The molecule has 0 radical (unpaired) electrons. The van der Waals surface area contributed by atoms with Crippen molar-refractivity contribution in [2.45, 2.75) is 26.8 Å². The molecule has 1 rings (SSSR count). The quantitative estimate of drug-likeness (QED) is 0.767. The van der Waals surface area contributed by atoms with Crippen LogP contribution in [0.4, 0.5) is 5.69 Å². The molecule has 0 aliphatic carbocycles. The van der Waals surface area contributed by atoms with E-state index in [4.69, 9.17) is 4.74 Å². The van der Waals surface area contributed by atoms with E-state index in [2.05, 4.69) is 55.3 Å². The number of ether oxygens (including phenoxy) is 1. The third kappa shape index (κ3) is 4.67. The van der Waals surface area contributed by atoms with Crippen molar-refractivity contribution < 1.29 is 4.74 Å². The first kappa shape index (κ1) is 15.0. The number of nitrogens with zero attached hydrogens (tertiary/aromatic N) is 1. The second-order valence-electron chi connectivity index (χ2n) is 4.58. The fraction of sp³-hybridized carbons (Fsp3) is 0.600. The van der Waals surface area contributed by atoms with Gasteiger partial charge >= 0.3 is 0 Å². The van der Waals surface area contributed by atoms with Crippen molar-refractivity contribution in [3.63, 3.8) is 0 Å². The maximum absolute atomic E-state index is 5.27. The highest BCUT2D eigenvalue weighted by Crippen LogP contribution is 2.15. The van der Waals surface area contributed by atoms with Crippen molar-refractivity contribution in [3.8, 4) is 0 Å². The monoisotopic (exact) mass is 250 g/mol. The zero-order valence-corrected chi connectivity index (χ0v) is 12.1. The summed E-state index contributed by atoms with van der Waals surface area (Å²) in [6, 6.07) is 9.08. The van der Waals surface area contributed by atoms with Gasteiger partial charge in [0.25, 0.3) is 0 Å². The van der Waals surface area contributed by atoms with Crippen LogP contribution in [0.2, 0.25) is 0 Å². The number of likely N-dealkylation sites (N-methyl/N-ethyl adjacent to an activating group) is 2. The summed E-state index contributed by atoms with van der Waals surface area (Å²) in [6.07, 6.45) is 0. The molecule has 0 aliphatic rings. The molecule has 3 heteroatoms. The highest BCUT2D eigenvalue weighted by atomic mass is 16.5. The van der Waals surface area contributed by atoms with Crippen LogP contribution in [0.1, 0.15) is 19.4 Å². The normalized spacial score (nSPS) is 12.4. The fourth-order valence-corrected chi connectivity index (χ4v) is 2.10. The van der Waals surface area contributed by atoms with E-state index in [0.29, 0.717) is 6.04 Å². The number of methoxy groups -OCH3 is 1. The van der Waals surface area contributed by atoms with Crippen molar-refractivity contribution >= 4 is 5.69 Å². The Morgan fingerprint density at radius 2 is 1.89 bits per heavy atom. The van der Waals surface area contributed by atoms with Crippen LogP contribution < -0.4 is 10.2 Å². The minimum absolute atomic E-state index is 0.376. The van der Waals surface area contributed by atoms with E-state index in [0.717, 1.165) is 26.2 Å². The number of nitrogens with one attached hydrogen (secondary N) is 1. The Kier molecular flexibility index (Phi) is 6.76. The Morgan fingerprint density at radius 1 is 1.22 bits per heavy atom. The van der Waals surface area contributed by atoms with Gasteiger partial charge < -0.3 is 15.0 Å². The lowest BCUT2D eigenvalue weighted by Gasteiger charge is -2.28. The highest BCUT2D eigenvalue weighted by molar-refractivity contribution is 5.47. The average Bonchev–Trinajstić information content (AvgIpc) is 2.37. The topological polar surface area (TPSA) is 24.5 Å². The van der Waals surface area contributed by atoms with E-state index in [9.17, 15) is 0 Å². The predicted octanol–water partition coefficient (Wildman–Crippen LogP) is 2.45. The standard InChI is InChI=1S/C15H26N2O/c1-5-16-14(12-18-4)11-17(6-2)15-9-7-13(3)8-10-15/h7-10,14,16H,5-6,11-12H2,1-4H3. The van der Waals surface area contributed by atoms with Crippen LogP contribution in [0.15, 0.2) is 24.3 Å². The van der Waals surface area contributed by atoms with Gasteiger partial charge in [0, 0.05) is 31.9 Å². The SMILES string of the molecule is CCNC(COC)CN(CC)c1ccc(C)cc1. The lowest BCUT2D eigenvalue weighted by atomic mass is 10.2. The minimum Gasteiger partial charge on any atom is -0.383 e. The van der Waals surface area contributed by atoms with Crippen LogP contribution in [0.25, 0.3) is 0 Å². The number of anilines is 1. The van der Waals surface area contributed by atoms with Crippen LogP contribution in [0.5, 0.6) is 0 Å². The largest absolute Gasteiger partial charge is 0.383 e. The zero-order chi connectivity index (χ0) is 13.4. The lowest BCUT2D eigenvalue weighted by molar-refractivity contribution is 0.168. The van der Waals surface area contributed by atoms with Gasteiger partial charge in [0.1, 0.15) is 0 Å². The average molecular weight is 250 g/mol. The fourth-order valence-electron chi connectivity index (χ4n) is 2.10. The van der Waals surface area contributed by atoms with Gasteiger partial charge in [0.05, 0.1) is 6.61 Å². The number of aryl methyl sites for hydroxylation is 1. The van der Waals surface area contributed by atoms with E-state index in [1.54, 1.807) is 7.11 Å². The van der Waals surface area contributed by atoms with E-state index in [1.165, 1.54) is 11.3 Å². The van der Waals surface area contributed by atoms with Crippen LogP contribution in [0, 0.1) is 6.92 Å². The number of hydrogen-bond donors (Lipinski definition) is 1. The summed E-state index contributed by atoms with van der Waals surface area (Å²) in [5.74, 6) is 0. The summed E-state index contributed by atoms with van der Waals surface area (Å²) in [4.78, 5) is 2.38. The molecule has 102 valence electrons. The predicted molar refractivity (Wildman–Crippen MR) is 78.4 cm³/mol. The summed E-state index contributed by atoms with van der Waals surface area (Å²) in [5.41, 5.74) is 2.58. The van der Waals surface area contributed by atoms with Gasteiger partial charge in [-0.1, -0.05) is 24.6 Å². The van der Waals surface area contributed by atoms with Gasteiger partial charge in [-0.15, -0.1) is 0 Å². The molecule has 1 N–H and O–H groups in total. The molecule has 0 aromatic heterocycles. The van der Waals surface area contributed by atoms with E-state index >= 15 is 0 Å². The number of benzene rings is 1. The molecule has 0 heterocycles. The van der Waals surface area contributed by atoms with Crippen molar-refractivity contribution in [1.82, 2.24) is 5.32 Å². The number of hydrogen-bond acceptors (Lipinski definition) is 3. The molecular weight excluding hydrogens is 224 g/mol. The molecule has 1 atom stereocenters. The van der Waals surface area contributed by atoms with Crippen LogP contribution in [0.3, 0.4) is 0 Å². The van der Waals surface area contributed by atoms with Gasteiger partial charge in [0.2, 0.25) is 0 Å².